The zero-order valence-electron chi connectivity index (χ0n) is 9.45. The molecule has 1 saturated carbocycles. The molecule has 1 saturated heterocycles. The highest BCUT2D eigenvalue weighted by Gasteiger charge is 2.50. The highest BCUT2D eigenvalue weighted by molar-refractivity contribution is 8.01. The third-order valence-electron chi connectivity index (χ3n) is 3.24. The molecule has 2 atom stereocenters. The maximum absolute atomic E-state index is 11.9. The lowest BCUT2D eigenvalue weighted by atomic mass is 9.83. The molecule has 16 heavy (non-hydrogen) atoms. The summed E-state index contributed by atoms with van der Waals surface area (Å²) in [5, 5.41) is 2.98. The molecule has 90 valence electrons. The second kappa shape index (κ2) is 4.65. The largest absolute Gasteiger partial charge is 0.466 e. The van der Waals surface area contributed by atoms with Gasteiger partial charge in [-0.15, -0.1) is 11.8 Å². The van der Waals surface area contributed by atoms with Gasteiger partial charge in [0.25, 0.3) is 0 Å². The van der Waals surface area contributed by atoms with Crippen molar-refractivity contribution in [3.05, 3.63) is 0 Å². The van der Waals surface area contributed by atoms with Crippen LogP contribution in [0.5, 0.6) is 0 Å². The number of rotatable bonds is 2. The number of thioether (sulfide) groups is 1. The van der Waals surface area contributed by atoms with E-state index in [1.54, 1.807) is 11.8 Å². The molecule has 1 aliphatic heterocycles. The minimum absolute atomic E-state index is 0.0428. The minimum atomic E-state index is -0.373. The van der Waals surface area contributed by atoms with Crippen LogP contribution in [0.1, 0.15) is 32.6 Å². The van der Waals surface area contributed by atoms with Gasteiger partial charge < -0.3 is 10.1 Å². The van der Waals surface area contributed by atoms with Crippen molar-refractivity contribution in [3.8, 4) is 0 Å². The average Bonchev–Trinajstić information content (AvgIpc) is 2.61. The summed E-state index contributed by atoms with van der Waals surface area (Å²) in [6, 6.07) is 0. The van der Waals surface area contributed by atoms with Gasteiger partial charge in [-0.25, -0.2) is 0 Å². The molecule has 0 aromatic heterocycles. The number of hydrogen-bond donors (Lipinski definition) is 1. The standard InChI is InChI=1S/C11H17NO3S/c1-2-15-10(14)8-5-3-4-6-11(8)12-9(13)7-16-11/h8H,2-7H2,1H3,(H,12,13)/t8-,11-/m1/s1. The Labute approximate surface area is 99.5 Å². The molecule has 0 bridgehead atoms. The first-order valence-electron chi connectivity index (χ1n) is 5.79. The van der Waals surface area contributed by atoms with E-state index < -0.39 is 0 Å². The summed E-state index contributed by atoms with van der Waals surface area (Å²) in [6.45, 7) is 2.22. The van der Waals surface area contributed by atoms with E-state index in [2.05, 4.69) is 5.32 Å². The molecule has 0 aromatic rings. The van der Waals surface area contributed by atoms with E-state index in [9.17, 15) is 9.59 Å². The maximum Gasteiger partial charge on any atom is 0.312 e. The van der Waals surface area contributed by atoms with Crippen LogP contribution in [0.3, 0.4) is 0 Å². The monoisotopic (exact) mass is 243 g/mol. The summed E-state index contributed by atoms with van der Waals surface area (Å²) in [5.74, 6) is 0.186. The van der Waals surface area contributed by atoms with E-state index >= 15 is 0 Å². The Morgan fingerprint density at radius 2 is 2.44 bits per heavy atom. The fraction of sp³-hybridized carbons (Fsp3) is 0.818. The van der Waals surface area contributed by atoms with Crippen LogP contribution < -0.4 is 5.32 Å². The molecule has 2 fully saturated rings. The first-order chi connectivity index (χ1) is 7.68. The van der Waals surface area contributed by atoms with Gasteiger partial charge in [0.1, 0.15) is 0 Å². The Morgan fingerprint density at radius 3 is 3.06 bits per heavy atom. The lowest BCUT2D eigenvalue weighted by Crippen LogP contribution is -2.51. The van der Waals surface area contributed by atoms with Crippen molar-refractivity contribution >= 4 is 23.6 Å². The van der Waals surface area contributed by atoms with Crippen LogP contribution >= 0.6 is 11.8 Å². The Balaban J connectivity index is 2.13. The summed E-state index contributed by atoms with van der Waals surface area (Å²) in [6.07, 6.45) is 3.82. The molecule has 0 radical (unpaired) electrons. The summed E-state index contributed by atoms with van der Waals surface area (Å²) >= 11 is 1.57. The molecule has 1 aliphatic carbocycles. The highest BCUT2D eigenvalue weighted by Crippen LogP contribution is 2.45. The second-order valence-electron chi connectivity index (χ2n) is 4.28. The highest BCUT2D eigenvalue weighted by atomic mass is 32.2. The minimum Gasteiger partial charge on any atom is -0.466 e. The molecular weight excluding hydrogens is 226 g/mol. The fourth-order valence-electron chi connectivity index (χ4n) is 2.52. The van der Waals surface area contributed by atoms with E-state index in [0.29, 0.717) is 12.4 Å². The van der Waals surface area contributed by atoms with Crippen molar-refractivity contribution in [1.29, 1.82) is 0 Å². The Morgan fingerprint density at radius 1 is 1.62 bits per heavy atom. The number of ether oxygens (including phenoxy) is 1. The van der Waals surface area contributed by atoms with Crippen LogP contribution in [-0.2, 0) is 14.3 Å². The van der Waals surface area contributed by atoms with Crippen molar-refractivity contribution in [1.82, 2.24) is 5.32 Å². The topological polar surface area (TPSA) is 55.4 Å². The van der Waals surface area contributed by atoms with E-state index in [0.717, 1.165) is 25.7 Å². The quantitative estimate of drug-likeness (QED) is 0.743. The van der Waals surface area contributed by atoms with Crippen LogP contribution in [0.15, 0.2) is 0 Å². The number of hydrogen-bond acceptors (Lipinski definition) is 4. The number of carbonyl (C=O) groups is 2. The third-order valence-corrected chi connectivity index (χ3v) is 4.75. The Bertz CT molecular complexity index is 308. The van der Waals surface area contributed by atoms with Crippen LogP contribution in [0.25, 0.3) is 0 Å². The van der Waals surface area contributed by atoms with Crippen LogP contribution in [0, 0.1) is 5.92 Å². The summed E-state index contributed by atoms with van der Waals surface area (Å²) in [5.41, 5.74) is 0. The molecular formula is C11H17NO3S. The van der Waals surface area contributed by atoms with Crippen molar-refractivity contribution < 1.29 is 14.3 Å². The molecule has 0 aromatic carbocycles. The van der Waals surface area contributed by atoms with Gasteiger partial charge >= 0.3 is 5.97 Å². The first-order valence-corrected chi connectivity index (χ1v) is 6.78. The molecule has 2 aliphatic rings. The predicted octanol–water partition coefficient (Wildman–Crippen LogP) is 1.30. The maximum atomic E-state index is 11.9. The Kier molecular flexibility index (Phi) is 3.42. The molecule has 2 rings (SSSR count). The van der Waals surface area contributed by atoms with Crippen molar-refractivity contribution in [2.45, 2.75) is 37.5 Å². The number of amides is 1. The summed E-state index contributed by atoms with van der Waals surface area (Å²) in [4.78, 5) is 22.9. The molecule has 1 heterocycles. The van der Waals surface area contributed by atoms with Gasteiger partial charge in [-0.2, -0.15) is 0 Å². The molecule has 0 unspecified atom stereocenters. The van der Waals surface area contributed by atoms with Gasteiger partial charge in [0, 0.05) is 0 Å². The average molecular weight is 243 g/mol. The van der Waals surface area contributed by atoms with Gasteiger partial charge in [-0.1, -0.05) is 12.8 Å². The first kappa shape index (κ1) is 11.8. The van der Waals surface area contributed by atoms with Gasteiger partial charge in [-0.3, -0.25) is 9.59 Å². The van der Waals surface area contributed by atoms with E-state index in [1.807, 2.05) is 6.92 Å². The van der Waals surface area contributed by atoms with Crippen LogP contribution in [0.2, 0.25) is 0 Å². The van der Waals surface area contributed by atoms with Gasteiger partial charge in [-0.05, 0) is 19.8 Å². The second-order valence-corrected chi connectivity index (χ2v) is 5.58. The van der Waals surface area contributed by atoms with Gasteiger partial charge in [0.05, 0.1) is 23.1 Å². The number of carbonyl (C=O) groups excluding carboxylic acids is 2. The predicted molar refractivity (Wildman–Crippen MR) is 61.9 cm³/mol. The van der Waals surface area contributed by atoms with Crippen LogP contribution in [-0.4, -0.2) is 29.1 Å². The SMILES string of the molecule is CCOC(=O)[C@H]1CCCC[C@]12NC(=O)CS2. The Hall–Kier alpha value is -0.710. The molecule has 1 spiro atoms. The van der Waals surface area contributed by atoms with Gasteiger partial charge in [0.15, 0.2) is 0 Å². The zero-order valence-corrected chi connectivity index (χ0v) is 10.3. The third kappa shape index (κ3) is 2.05. The van der Waals surface area contributed by atoms with Crippen molar-refractivity contribution in [2.75, 3.05) is 12.4 Å². The van der Waals surface area contributed by atoms with Crippen LogP contribution in [0.4, 0.5) is 0 Å². The summed E-state index contributed by atoms with van der Waals surface area (Å²) in [7, 11) is 0. The summed E-state index contributed by atoms with van der Waals surface area (Å²) < 4.78 is 5.10. The molecule has 5 heteroatoms. The van der Waals surface area contributed by atoms with E-state index in [-0.39, 0.29) is 22.7 Å². The fourth-order valence-corrected chi connectivity index (χ4v) is 3.87. The zero-order chi connectivity index (χ0) is 11.6. The lowest BCUT2D eigenvalue weighted by Gasteiger charge is -2.38. The van der Waals surface area contributed by atoms with E-state index in [4.69, 9.17) is 4.74 Å². The smallest absolute Gasteiger partial charge is 0.312 e. The van der Waals surface area contributed by atoms with Gasteiger partial charge in [0.2, 0.25) is 5.91 Å². The normalized spacial score (nSPS) is 33.8. The number of esters is 1. The molecule has 1 amide bonds. The molecule has 4 nitrogen and oxygen atoms in total. The lowest BCUT2D eigenvalue weighted by molar-refractivity contribution is -0.150. The molecule has 1 N–H and O–H groups in total. The van der Waals surface area contributed by atoms with E-state index in [1.165, 1.54) is 0 Å². The van der Waals surface area contributed by atoms with Crippen molar-refractivity contribution in [3.63, 3.8) is 0 Å². The van der Waals surface area contributed by atoms with Crippen molar-refractivity contribution in [2.24, 2.45) is 5.92 Å². The number of nitrogens with one attached hydrogen (secondary N) is 1.